The summed E-state index contributed by atoms with van der Waals surface area (Å²) in [5.41, 5.74) is 4.24. The molecule has 32 heavy (non-hydrogen) atoms. The van der Waals surface area contributed by atoms with E-state index < -0.39 is 0 Å². The van der Waals surface area contributed by atoms with Crippen LogP contribution in [0.2, 0.25) is 0 Å². The summed E-state index contributed by atoms with van der Waals surface area (Å²) in [5, 5.41) is 0. The van der Waals surface area contributed by atoms with Gasteiger partial charge in [-0.15, -0.1) is 0 Å². The standard InChI is InChI=1S/2C8H16.C8H14.C8H10.H2/c4*1-7-3-5-8(2)6-4-7;/h2*7-8H,3-6H2,1-2H3;3,8H,4-6H2,1-2H3;3-6H,1-2H3;1H/i;;;;1+1. The molecule has 3 aliphatic rings. The van der Waals surface area contributed by atoms with Crippen molar-refractivity contribution >= 4 is 0 Å². The van der Waals surface area contributed by atoms with Crippen LogP contribution in [0, 0.1) is 43.4 Å². The van der Waals surface area contributed by atoms with Crippen molar-refractivity contribution in [1.82, 2.24) is 0 Å². The molecule has 0 bridgehead atoms. The van der Waals surface area contributed by atoms with E-state index in [4.69, 9.17) is 0 Å². The lowest BCUT2D eigenvalue weighted by Gasteiger charge is -2.22. The molecule has 0 aliphatic heterocycles. The van der Waals surface area contributed by atoms with Gasteiger partial charge >= 0.3 is 0 Å². The summed E-state index contributed by atoms with van der Waals surface area (Å²) in [6.07, 6.45) is 18.2. The molecule has 0 spiro atoms. The Hall–Kier alpha value is -1.04. The first-order valence-corrected chi connectivity index (χ1v) is 13.8. The van der Waals surface area contributed by atoms with Gasteiger partial charge in [-0.3, -0.25) is 0 Å². The third-order valence-corrected chi connectivity index (χ3v) is 7.73. The van der Waals surface area contributed by atoms with Gasteiger partial charge in [-0.2, -0.15) is 0 Å². The topological polar surface area (TPSA) is 0 Å². The second-order valence-corrected chi connectivity index (χ2v) is 11.8. The minimum Gasteiger partial charge on any atom is -0.0853 e. The van der Waals surface area contributed by atoms with Crippen molar-refractivity contribution in [2.45, 2.75) is 126 Å². The molecule has 2 fully saturated rings. The minimum atomic E-state index is 0. The molecule has 0 nitrogen and oxygen atoms in total. The van der Waals surface area contributed by atoms with Crippen molar-refractivity contribution in [3.8, 4) is 0 Å². The van der Waals surface area contributed by atoms with Crippen LogP contribution in [0.4, 0.5) is 0 Å². The summed E-state index contributed by atoms with van der Waals surface area (Å²) >= 11 is 0. The summed E-state index contributed by atoms with van der Waals surface area (Å²) in [4.78, 5) is 0. The van der Waals surface area contributed by atoms with Crippen LogP contribution in [0.3, 0.4) is 0 Å². The van der Waals surface area contributed by atoms with E-state index in [0.717, 1.165) is 29.6 Å². The highest BCUT2D eigenvalue weighted by atomic mass is 14.2. The van der Waals surface area contributed by atoms with Crippen LogP contribution in [0.15, 0.2) is 35.9 Å². The highest BCUT2D eigenvalue weighted by Crippen LogP contribution is 2.28. The van der Waals surface area contributed by atoms with Crippen LogP contribution in [0.5, 0.6) is 0 Å². The van der Waals surface area contributed by atoms with E-state index in [2.05, 4.69) is 85.7 Å². The maximum Gasteiger partial charge on any atom is 0 e. The van der Waals surface area contributed by atoms with Crippen molar-refractivity contribution < 1.29 is 1.43 Å². The molecule has 1 aromatic carbocycles. The fourth-order valence-corrected chi connectivity index (χ4v) is 4.59. The van der Waals surface area contributed by atoms with Gasteiger partial charge in [0.2, 0.25) is 0 Å². The first-order valence-electron chi connectivity index (χ1n) is 13.8. The predicted octanol–water partition coefficient (Wildman–Crippen LogP) is 11.0. The maximum absolute atomic E-state index is 2.37. The third-order valence-electron chi connectivity index (χ3n) is 7.73. The minimum absolute atomic E-state index is 0. The quantitative estimate of drug-likeness (QED) is 0.350. The molecule has 1 aromatic rings. The fourth-order valence-electron chi connectivity index (χ4n) is 4.59. The van der Waals surface area contributed by atoms with Crippen LogP contribution in [0.1, 0.15) is 125 Å². The van der Waals surface area contributed by atoms with Gasteiger partial charge in [-0.1, -0.05) is 133 Å². The number of hydrogen-bond acceptors (Lipinski definition) is 0. The van der Waals surface area contributed by atoms with Crippen LogP contribution < -0.4 is 0 Å². The Kier molecular flexibility index (Phi) is 15.0. The van der Waals surface area contributed by atoms with E-state index in [9.17, 15) is 0 Å². The second-order valence-electron chi connectivity index (χ2n) is 11.8. The molecule has 186 valence electrons. The summed E-state index contributed by atoms with van der Waals surface area (Å²) < 4.78 is 0. The van der Waals surface area contributed by atoms with Gasteiger partial charge in [0.05, 0.1) is 0 Å². The Balaban J connectivity index is 0.000000410. The molecule has 0 radical (unpaired) electrons. The van der Waals surface area contributed by atoms with Crippen molar-refractivity contribution in [3.63, 3.8) is 0 Å². The van der Waals surface area contributed by atoms with Gasteiger partial charge in [-0.05, 0) is 69.6 Å². The summed E-state index contributed by atoms with van der Waals surface area (Å²) in [6.45, 7) is 18.2. The zero-order chi connectivity index (χ0) is 23.9. The maximum atomic E-state index is 2.37. The average Bonchev–Trinajstić information content (AvgIpc) is 2.78. The van der Waals surface area contributed by atoms with Crippen molar-refractivity contribution in [1.29, 1.82) is 0 Å². The lowest BCUT2D eigenvalue weighted by molar-refractivity contribution is 0.308. The van der Waals surface area contributed by atoms with Crippen LogP contribution >= 0.6 is 0 Å². The number of rotatable bonds is 0. The third kappa shape index (κ3) is 14.9. The van der Waals surface area contributed by atoms with Gasteiger partial charge in [0, 0.05) is 1.43 Å². The van der Waals surface area contributed by atoms with Gasteiger partial charge in [-0.25, -0.2) is 0 Å². The van der Waals surface area contributed by atoms with E-state index >= 15 is 0 Å². The molecule has 0 N–H and O–H groups in total. The highest BCUT2D eigenvalue weighted by molar-refractivity contribution is 5.19. The first-order chi connectivity index (χ1) is 15.2. The van der Waals surface area contributed by atoms with Gasteiger partial charge in [0.15, 0.2) is 0 Å². The average molecular weight is 444 g/mol. The Morgan fingerprint density at radius 3 is 1.03 bits per heavy atom. The van der Waals surface area contributed by atoms with E-state index in [1.165, 1.54) is 81.8 Å². The molecule has 3 aliphatic carbocycles. The summed E-state index contributed by atoms with van der Waals surface area (Å²) in [5.74, 6) is 5.02. The molecule has 0 heterocycles. The molecular weight excluding hydrogens is 384 g/mol. The Morgan fingerprint density at radius 1 is 0.500 bits per heavy atom. The number of allylic oxidation sites excluding steroid dienone is 2. The molecule has 0 amide bonds. The molecule has 0 heteroatoms. The Bertz CT molecular complexity index is 537. The molecule has 1 unspecified atom stereocenters. The zero-order valence-electron chi connectivity index (χ0n) is 23.1. The lowest BCUT2D eigenvalue weighted by Crippen LogP contribution is -2.08. The van der Waals surface area contributed by atoms with Gasteiger partial charge in [0.1, 0.15) is 0 Å². The Morgan fingerprint density at radius 2 is 0.812 bits per heavy atom. The fraction of sp³-hybridized carbons (Fsp3) is 0.750. The Labute approximate surface area is 204 Å². The summed E-state index contributed by atoms with van der Waals surface area (Å²) in [6, 6.07) is 8.48. The zero-order valence-corrected chi connectivity index (χ0v) is 23.1. The number of aryl methyl sites for hydroxylation is 2. The van der Waals surface area contributed by atoms with E-state index in [-0.39, 0.29) is 1.43 Å². The van der Waals surface area contributed by atoms with Crippen LogP contribution in [-0.2, 0) is 0 Å². The van der Waals surface area contributed by atoms with Crippen molar-refractivity contribution in [2.24, 2.45) is 29.6 Å². The van der Waals surface area contributed by atoms with E-state index in [1.54, 1.807) is 5.57 Å². The van der Waals surface area contributed by atoms with Crippen LogP contribution in [-0.4, -0.2) is 0 Å². The number of benzene rings is 1. The van der Waals surface area contributed by atoms with Crippen LogP contribution in [0.25, 0.3) is 0 Å². The lowest BCUT2D eigenvalue weighted by atomic mass is 9.84. The number of hydrogen-bond donors (Lipinski definition) is 0. The first kappa shape index (κ1) is 29.0. The SMILES string of the molecule is CC1=CCC(C)CC1.CC1CCC(C)CC1.CC1CCC(C)CC1.Cc1ccc(C)cc1.[2HH]. The van der Waals surface area contributed by atoms with Gasteiger partial charge in [0.25, 0.3) is 0 Å². The normalized spacial score (nSPS) is 29.6. The molecule has 0 saturated heterocycles. The van der Waals surface area contributed by atoms with E-state index in [1.807, 2.05) is 0 Å². The largest absolute Gasteiger partial charge is 0.0853 e. The molecule has 0 aromatic heterocycles. The van der Waals surface area contributed by atoms with Gasteiger partial charge < -0.3 is 0 Å². The van der Waals surface area contributed by atoms with Crippen molar-refractivity contribution in [2.75, 3.05) is 0 Å². The van der Waals surface area contributed by atoms with Crippen molar-refractivity contribution in [3.05, 3.63) is 47.0 Å². The monoisotopic (exact) mass is 443 g/mol. The predicted molar refractivity (Wildman–Crippen MR) is 148 cm³/mol. The highest BCUT2D eigenvalue weighted by Gasteiger charge is 2.13. The summed E-state index contributed by atoms with van der Waals surface area (Å²) in [7, 11) is 0. The second kappa shape index (κ2) is 16.6. The molecule has 2 saturated carbocycles. The molecule has 4 rings (SSSR count). The molecular formula is C32H58. The molecule has 1 atom stereocenters. The van der Waals surface area contributed by atoms with E-state index in [0.29, 0.717) is 0 Å². The smallest absolute Gasteiger partial charge is 0 e.